The summed E-state index contributed by atoms with van der Waals surface area (Å²) < 4.78 is 5.35. The minimum atomic E-state index is -0.569. The number of benzene rings is 3. The molecule has 0 bridgehead atoms. The van der Waals surface area contributed by atoms with Gasteiger partial charge < -0.3 is 25.8 Å². The van der Waals surface area contributed by atoms with Crippen LogP contribution in [0.2, 0.25) is 0 Å². The number of phenolic OH excluding ortho intramolecular Hbond substituents is 1. The van der Waals surface area contributed by atoms with Gasteiger partial charge in [-0.1, -0.05) is 31.2 Å². The standard InChI is InChI=1S/C31H30N4O5S2/c1-4-27(30(39)35-31-32-19(2)18-41-31)42-24-12-8-11-22(16-24)33-29(38)25(34-28(37)20-9-6-5-7-10-20)15-21-13-14-23(36)17-26(21)40-3/h5-18,27,36H,4H2,1-3H3,(H,33,38)(H,34,37)(H,32,35,39)/b25-15+. The average Bonchev–Trinajstić information content (AvgIpc) is 3.40. The fourth-order valence-electron chi connectivity index (χ4n) is 3.85. The second-order valence-corrected chi connectivity index (χ2v) is 11.2. The number of nitrogens with zero attached hydrogens (tertiary/aromatic N) is 1. The van der Waals surface area contributed by atoms with Gasteiger partial charge in [0.05, 0.1) is 18.1 Å². The van der Waals surface area contributed by atoms with Gasteiger partial charge in [-0.05, 0) is 61.9 Å². The number of nitrogens with one attached hydrogen (secondary N) is 3. The average molecular weight is 603 g/mol. The lowest BCUT2D eigenvalue weighted by molar-refractivity contribution is -0.116. The second-order valence-electron chi connectivity index (χ2n) is 9.08. The Labute approximate surface area is 252 Å². The molecule has 0 fully saturated rings. The van der Waals surface area contributed by atoms with Gasteiger partial charge >= 0.3 is 0 Å². The molecule has 3 aromatic carbocycles. The molecule has 0 spiro atoms. The van der Waals surface area contributed by atoms with Gasteiger partial charge in [0.25, 0.3) is 11.8 Å². The highest BCUT2D eigenvalue weighted by Gasteiger charge is 2.20. The zero-order valence-electron chi connectivity index (χ0n) is 23.2. The van der Waals surface area contributed by atoms with Crippen molar-refractivity contribution < 1.29 is 24.2 Å². The van der Waals surface area contributed by atoms with Crippen molar-refractivity contribution in [2.75, 3.05) is 17.7 Å². The molecule has 0 aliphatic rings. The highest BCUT2D eigenvalue weighted by molar-refractivity contribution is 8.00. The molecule has 0 radical (unpaired) electrons. The van der Waals surface area contributed by atoms with Crippen LogP contribution < -0.4 is 20.7 Å². The number of carbonyl (C=O) groups excluding carboxylic acids is 3. The van der Waals surface area contributed by atoms with E-state index in [-0.39, 0.29) is 22.6 Å². The van der Waals surface area contributed by atoms with Crippen molar-refractivity contribution in [1.82, 2.24) is 10.3 Å². The minimum absolute atomic E-state index is 0.00142. The van der Waals surface area contributed by atoms with Gasteiger partial charge in [0, 0.05) is 33.2 Å². The van der Waals surface area contributed by atoms with E-state index in [0.29, 0.717) is 34.1 Å². The molecule has 1 heterocycles. The van der Waals surface area contributed by atoms with Crippen LogP contribution in [0.5, 0.6) is 11.5 Å². The van der Waals surface area contributed by atoms with E-state index >= 15 is 0 Å². The maximum Gasteiger partial charge on any atom is 0.272 e. The maximum atomic E-state index is 13.5. The fraction of sp³-hybridized carbons (Fsp3) is 0.161. The molecule has 3 amide bonds. The summed E-state index contributed by atoms with van der Waals surface area (Å²) in [4.78, 5) is 44.4. The lowest BCUT2D eigenvalue weighted by atomic mass is 10.1. The molecule has 4 N–H and O–H groups in total. The highest BCUT2D eigenvalue weighted by atomic mass is 32.2. The van der Waals surface area contributed by atoms with Gasteiger partial charge in [-0.25, -0.2) is 4.98 Å². The summed E-state index contributed by atoms with van der Waals surface area (Å²) in [6, 6.07) is 20.1. The third-order valence-electron chi connectivity index (χ3n) is 5.93. The summed E-state index contributed by atoms with van der Waals surface area (Å²) >= 11 is 2.75. The number of amides is 3. The quantitative estimate of drug-likeness (QED) is 0.121. The number of methoxy groups -OCH3 is 1. The number of hydrogen-bond donors (Lipinski definition) is 4. The number of ether oxygens (including phenoxy) is 1. The lowest BCUT2D eigenvalue weighted by Crippen LogP contribution is -2.30. The Morgan fingerprint density at radius 3 is 2.52 bits per heavy atom. The summed E-state index contributed by atoms with van der Waals surface area (Å²) in [5, 5.41) is 20.3. The summed E-state index contributed by atoms with van der Waals surface area (Å²) in [6.07, 6.45) is 2.06. The van der Waals surface area contributed by atoms with Crippen LogP contribution in [-0.2, 0) is 9.59 Å². The van der Waals surface area contributed by atoms with Crippen LogP contribution in [0.3, 0.4) is 0 Å². The van der Waals surface area contributed by atoms with Crippen molar-refractivity contribution >= 4 is 57.7 Å². The third kappa shape index (κ3) is 8.21. The maximum absolute atomic E-state index is 13.5. The Balaban J connectivity index is 1.54. The Morgan fingerprint density at radius 2 is 1.83 bits per heavy atom. The molecule has 0 saturated carbocycles. The summed E-state index contributed by atoms with van der Waals surface area (Å²) in [6.45, 7) is 3.80. The number of aromatic nitrogens is 1. The zero-order valence-corrected chi connectivity index (χ0v) is 24.8. The monoisotopic (exact) mass is 602 g/mol. The Bertz CT molecular complexity index is 1600. The van der Waals surface area contributed by atoms with Crippen LogP contribution in [0.1, 0.15) is 35.0 Å². The number of thiazole rings is 1. The van der Waals surface area contributed by atoms with Crippen molar-refractivity contribution in [3.8, 4) is 11.5 Å². The van der Waals surface area contributed by atoms with Gasteiger partial charge in [-0.3, -0.25) is 14.4 Å². The molecule has 1 unspecified atom stereocenters. The number of carbonyl (C=O) groups is 3. The molecule has 0 aliphatic carbocycles. The topological polar surface area (TPSA) is 130 Å². The molecule has 216 valence electrons. The van der Waals surface area contributed by atoms with Gasteiger partial charge in [0.1, 0.15) is 17.2 Å². The van der Waals surface area contributed by atoms with E-state index in [4.69, 9.17) is 4.74 Å². The second kappa shape index (κ2) is 14.3. The van der Waals surface area contributed by atoms with Crippen molar-refractivity contribution in [2.24, 2.45) is 0 Å². The molecule has 11 heteroatoms. The largest absolute Gasteiger partial charge is 0.508 e. The van der Waals surface area contributed by atoms with E-state index in [0.717, 1.165) is 10.6 Å². The van der Waals surface area contributed by atoms with Gasteiger partial charge in [0.15, 0.2) is 5.13 Å². The fourth-order valence-corrected chi connectivity index (χ4v) is 5.55. The van der Waals surface area contributed by atoms with Crippen molar-refractivity contribution in [2.45, 2.75) is 30.4 Å². The van der Waals surface area contributed by atoms with E-state index in [1.807, 2.05) is 25.3 Å². The highest BCUT2D eigenvalue weighted by Crippen LogP contribution is 2.30. The van der Waals surface area contributed by atoms with E-state index in [1.54, 1.807) is 54.6 Å². The van der Waals surface area contributed by atoms with E-state index in [2.05, 4.69) is 20.9 Å². The molecule has 4 aromatic rings. The van der Waals surface area contributed by atoms with Gasteiger partial charge in [0.2, 0.25) is 5.91 Å². The van der Waals surface area contributed by atoms with Crippen LogP contribution in [0.4, 0.5) is 10.8 Å². The number of anilines is 2. The molecule has 0 saturated heterocycles. The van der Waals surface area contributed by atoms with E-state index < -0.39 is 11.8 Å². The molecule has 1 aromatic heterocycles. The summed E-state index contributed by atoms with van der Waals surface area (Å²) in [5.74, 6) is -0.863. The first-order valence-corrected chi connectivity index (χ1v) is 14.8. The Morgan fingerprint density at radius 1 is 1.05 bits per heavy atom. The first-order valence-electron chi connectivity index (χ1n) is 13.0. The van der Waals surface area contributed by atoms with E-state index in [1.165, 1.54) is 48.4 Å². The number of hydrogen-bond acceptors (Lipinski definition) is 8. The van der Waals surface area contributed by atoms with Crippen LogP contribution in [0, 0.1) is 6.92 Å². The predicted octanol–water partition coefficient (Wildman–Crippen LogP) is 6.08. The van der Waals surface area contributed by atoms with Crippen LogP contribution in [0.25, 0.3) is 6.08 Å². The predicted molar refractivity (Wildman–Crippen MR) is 167 cm³/mol. The molecule has 4 rings (SSSR count). The number of rotatable bonds is 11. The SMILES string of the molecule is CCC(Sc1cccc(NC(=O)/C(=C\c2ccc(O)cc2OC)NC(=O)c2ccccc2)c1)C(=O)Nc1nc(C)cs1. The smallest absolute Gasteiger partial charge is 0.272 e. The van der Waals surface area contributed by atoms with Gasteiger partial charge in [-0.15, -0.1) is 23.1 Å². The zero-order chi connectivity index (χ0) is 30.1. The van der Waals surface area contributed by atoms with Crippen LogP contribution >= 0.6 is 23.1 Å². The first kappa shape index (κ1) is 30.4. The van der Waals surface area contributed by atoms with Crippen molar-refractivity contribution in [3.63, 3.8) is 0 Å². The number of aromatic hydroxyl groups is 1. The Hall–Kier alpha value is -4.61. The summed E-state index contributed by atoms with van der Waals surface area (Å²) in [5.41, 5.74) is 2.15. The summed E-state index contributed by atoms with van der Waals surface area (Å²) in [7, 11) is 1.44. The molecular formula is C31H30N4O5S2. The van der Waals surface area contributed by atoms with Gasteiger partial charge in [-0.2, -0.15) is 0 Å². The molecule has 1 atom stereocenters. The van der Waals surface area contributed by atoms with Crippen molar-refractivity contribution in [1.29, 1.82) is 0 Å². The lowest BCUT2D eigenvalue weighted by Gasteiger charge is -2.15. The molecule has 9 nitrogen and oxygen atoms in total. The number of thioether (sulfide) groups is 1. The first-order chi connectivity index (χ1) is 20.2. The number of aryl methyl sites for hydroxylation is 1. The molecule has 0 aliphatic heterocycles. The van der Waals surface area contributed by atoms with Crippen LogP contribution in [0.15, 0.2) is 88.8 Å². The molecule has 42 heavy (non-hydrogen) atoms. The van der Waals surface area contributed by atoms with Crippen molar-refractivity contribution in [3.05, 3.63) is 101 Å². The van der Waals surface area contributed by atoms with E-state index in [9.17, 15) is 19.5 Å². The third-order valence-corrected chi connectivity index (χ3v) is 8.16. The minimum Gasteiger partial charge on any atom is -0.508 e. The number of phenols is 1. The Kier molecular flexibility index (Phi) is 10.4. The normalized spacial score (nSPS) is 11.8. The van der Waals surface area contributed by atoms with Crippen LogP contribution in [-0.4, -0.2) is 40.2 Å². The molecular weight excluding hydrogens is 572 g/mol.